The zero-order valence-corrected chi connectivity index (χ0v) is 26.9. The summed E-state index contributed by atoms with van der Waals surface area (Å²) in [5, 5.41) is 17.0. The summed E-state index contributed by atoms with van der Waals surface area (Å²) in [5.74, 6) is -1.02. The fourth-order valence-electron chi connectivity index (χ4n) is 6.79. The van der Waals surface area contributed by atoms with E-state index in [0.717, 1.165) is 50.2 Å². The number of nitriles is 1. The molecule has 2 aromatic carbocycles. The largest absolute Gasteiger partial charge is 0.451 e. The Hall–Kier alpha value is -4.74. The third kappa shape index (κ3) is 5.74. The first-order chi connectivity index (χ1) is 23.4. The van der Waals surface area contributed by atoms with Crippen LogP contribution in [0.15, 0.2) is 48.7 Å². The average molecular weight is 693 g/mol. The molecule has 15 heteroatoms. The molecule has 0 amide bonds. The Bertz CT molecular complexity index is 2130. The molecule has 1 saturated carbocycles. The van der Waals surface area contributed by atoms with E-state index >= 15 is 0 Å². The number of aromatic nitrogens is 6. The monoisotopic (exact) mass is 692 g/mol. The number of likely N-dealkylation sites (tertiary alicyclic amines) is 1. The highest BCUT2D eigenvalue weighted by molar-refractivity contribution is 6.30. The summed E-state index contributed by atoms with van der Waals surface area (Å²) in [5.41, 5.74) is 2.16. The number of ether oxygens (including phenoxy) is 2. The predicted molar refractivity (Wildman–Crippen MR) is 169 cm³/mol. The summed E-state index contributed by atoms with van der Waals surface area (Å²) in [6, 6.07) is 14.3. The van der Waals surface area contributed by atoms with Crippen molar-refractivity contribution in [3.05, 3.63) is 82.3 Å². The van der Waals surface area contributed by atoms with Gasteiger partial charge in [0.15, 0.2) is 23.0 Å². The third-order valence-corrected chi connectivity index (χ3v) is 9.90. The second kappa shape index (κ2) is 11.4. The molecule has 3 aromatic heterocycles. The first-order valence-electron chi connectivity index (χ1n) is 15.9. The molecule has 252 valence electrons. The zero-order valence-electron chi connectivity index (χ0n) is 26.2. The van der Waals surface area contributed by atoms with Gasteiger partial charge in [-0.1, -0.05) is 23.7 Å². The molecule has 49 heavy (non-hydrogen) atoms. The topological polar surface area (TPSA) is 118 Å². The standard InChI is InChI=1S/C34H29ClF4N8O2/c1-32(23-6-5-21(35)14-24(23)36)48-26-4-2-3-22(28(26)49-32)19-7-11-46(12-8-19)16-27-42-25-13-20(29-43-31(45-44-29)34(37,38)39)15-41-30(25)47(27)18-33(17-40)9-10-33/h2-6,13-15,19H,7-12,16,18H2,1H3,(H,43,44,45). The number of piperidine rings is 1. The van der Waals surface area contributed by atoms with Crippen molar-refractivity contribution in [1.29, 1.82) is 5.26 Å². The smallest absolute Gasteiger partial charge is 0.444 e. The van der Waals surface area contributed by atoms with E-state index in [1.807, 2.05) is 22.8 Å². The number of halogens is 5. The van der Waals surface area contributed by atoms with Crippen LogP contribution < -0.4 is 9.47 Å². The Morgan fingerprint density at radius 3 is 2.59 bits per heavy atom. The van der Waals surface area contributed by atoms with Crippen LogP contribution in [0.1, 0.15) is 61.3 Å². The molecule has 1 saturated heterocycles. The minimum absolute atomic E-state index is 0.0593. The highest BCUT2D eigenvalue weighted by Gasteiger charge is 2.45. The highest BCUT2D eigenvalue weighted by atomic mass is 35.5. The van der Waals surface area contributed by atoms with E-state index in [0.29, 0.717) is 41.3 Å². The van der Waals surface area contributed by atoms with Crippen LogP contribution in [0, 0.1) is 22.6 Å². The molecule has 0 radical (unpaired) electrons. The quantitative estimate of drug-likeness (QED) is 0.176. The first-order valence-corrected chi connectivity index (χ1v) is 16.3. The lowest BCUT2D eigenvalue weighted by atomic mass is 9.88. The van der Waals surface area contributed by atoms with E-state index in [1.165, 1.54) is 12.3 Å². The van der Waals surface area contributed by atoms with Gasteiger partial charge in [-0.25, -0.2) is 14.4 Å². The molecule has 8 rings (SSSR count). The number of pyridine rings is 1. The molecular weight excluding hydrogens is 664 g/mol. The fraction of sp³-hybridized carbons (Fsp3) is 0.382. The number of aromatic amines is 1. The molecular formula is C34H29ClF4N8O2. The Morgan fingerprint density at radius 2 is 1.90 bits per heavy atom. The normalized spacial score (nSPS) is 20.5. The van der Waals surface area contributed by atoms with Gasteiger partial charge in [0.1, 0.15) is 17.2 Å². The fourth-order valence-corrected chi connectivity index (χ4v) is 6.95. The number of imidazole rings is 1. The second-order valence-corrected chi connectivity index (χ2v) is 13.5. The van der Waals surface area contributed by atoms with E-state index < -0.39 is 29.0 Å². The van der Waals surface area contributed by atoms with Crippen LogP contribution in [0.4, 0.5) is 17.6 Å². The molecule has 2 fully saturated rings. The number of H-pyrrole nitrogens is 1. The minimum atomic E-state index is -4.65. The maximum atomic E-state index is 14.9. The van der Waals surface area contributed by atoms with Gasteiger partial charge in [-0.15, -0.1) is 10.2 Å². The van der Waals surface area contributed by atoms with Crippen molar-refractivity contribution in [2.75, 3.05) is 13.1 Å². The lowest BCUT2D eigenvalue weighted by Gasteiger charge is -2.32. The van der Waals surface area contributed by atoms with Crippen molar-refractivity contribution >= 4 is 22.8 Å². The lowest BCUT2D eigenvalue weighted by Crippen LogP contribution is -2.34. The third-order valence-electron chi connectivity index (χ3n) is 9.67. The number of nitrogens with zero attached hydrogens (tertiary/aromatic N) is 7. The van der Waals surface area contributed by atoms with Crippen LogP contribution in [-0.2, 0) is 25.1 Å². The molecule has 1 aliphatic carbocycles. The van der Waals surface area contributed by atoms with Crippen molar-refractivity contribution in [3.8, 4) is 29.0 Å². The predicted octanol–water partition coefficient (Wildman–Crippen LogP) is 7.36. The average Bonchev–Trinajstić information content (AvgIpc) is 3.35. The molecule has 10 nitrogen and oxygen atoms in total. The van der Waals surface area contributed by atoms with Gasteiger partial charge < -0.3 is 19.0 Å². The minimum Gasteiger partial charge on any atom is -0.444 e. The summed E-state index contributed by atoms with van der Waals surface area (Å²) >= 11 is 5.97. The molecule has 3 aliphatic rings. The van der Waals surface area contributed by atoms with E-state index in [2.05, 4.69) is 31.1 Å². The number of hydrogen-bond acceptors (Lipinski definition) is 8. The zero-order chi connectivity index (χ0) is 34.1. The molecule has 0 spiro atoms. The number of fused-ring (bicyclic) bond motifs is 2. The Kier molecular flexibility index (Phi) is 7.35. The Morgan fingerprint density at radius 1 is 1.10 bits per heavy atom. The van der Waals surface area contributed by atoms with Gasteiger partial charge in [0.2, 0.25) is 5.82 Å². The molecule has 0 bridgehead atoms. The molecule has 1 unspecified atom stereocenters. The summed E-state index contributed by atoms with van der Waals surface area (Å²) in [4.78, 5) is 13.9. The maximum Gasteiger partial charge on any atom is 0.451 e. The molecule has 2 aliphatic heterocycles. The number of alkyl halides is 3. The Labute approximate surface area is 282 Å². The van der Waals surface area contributed by atoms with E-state index in [1.54, 1.807) is 25.1 Å². The molecule has 1 N–H and O–H groups in total. The number of hydrogen-bond donors (Lipinski definition) is 1. The van der Waals surface area contributed by atoms with Crippen LogP contribution in [0.5, 0.6) is 11.5 Å². The van der Waals surface area contributed by atoms with Crippen molar-refractivity contribution in [3.63, 3.8) is 0 Å². The summed E-state index contributed by atoms with van der Waals surface area (Å²) < 4.78 is 68.7. The van der Waals surface area contributed by atoms with Crippen molar-refractivity contribution < 1.29 is 27.0 Å². The SMILES string of the molecule is CC1(c2ccc(Cl)cc2F)Oc2cccc(C3CCN(Cc4nc5cc(-c6nnc(C(F)(F)F)[nH]6)cnc5n4CC4(C#N)CC4)CC3)c2O1. The summed E-state index contributed by atoms with van der Waals surface area (Å²) in [6.07, 6.45) is -0.00576. The van der Waals surface area contributed by atoms with Crippen LogP contribution in [0.2, 0.25) is 5.02 Å². The highest BCUT2D eigenvalue weighted by Crippen LogP contribution is 2.50. The number of nitrogens with one attached hydrogen (secondary N) is 1. The number of benzene rings is 2. The van der Waals surface area contributed by atoms with Crippen LogP contribution in [-0.4, -0.2) is 47.7 Å². The van der Waals surface area contributed by atoms with E-state index in [9.17, 15) is 22.8 Å². The van der Waals surface area contributed by atoms with E-state index in [-0.39, 0.29) is 22.3 Å². The molecule has 5 heterocycles. The van der Waals surface area contributed by atoms with Gasteiger partial charge >= 0.3 is 6.18 Å². The maximum absolute atomic E-state index is 14.9. The molecule has 5 aromatic rings. The van der Waals surface area contributed by atoms with E-state index in [4.69, 9.17) is 26.1 Å². The van der Waals surface area contributed by atoms with Crippen molar-refractivity contribution in [2.45, 2.75) is 63.6 Å². The number of para-hydroxylation sites is 1. The lowest BCUT2D eigenvalue weighted by molar-refractivity contribution is -0.144. The van der Waals surface area contributed by atoms with Gasteiger partial charge in [0.05, 0.1) is 23.6 Å². The van der Waals surface area contributed by atoms with Crippen LogP contribution in [0.3, 0.4) is 0 Å². The summed E-state index contributed by atoms with van der Waals surface area (Å²) in [6.45, 7) is 4.13. The molecule has 1 atom stereocenters. The van der Waals surface area contributed by atoms with Crippen LogP contribution >= 0.6 is 11.6 Å². The number of rotatable bonds is 7. The van der Waals surface area contributed by atoms with Crippen LogP contribution in [0.25, 0.3) is 22.6 Å². The van der Waals surface area contributed by atoms with Gasteiger partial charge in [-0.2, -0.15) is 18.4 Å². The second-order valence-electron chi connectivity index (χ2n) is 13.1. The van der Waals surface area contributed by atoms with Gasteiger partial charge in [0.25, 0.3) is 5.79 Å². The van der Waals surface area contributed by atoms with Crippen molar-refractivity contribution in [1.82, 2.24) is 34.6 Å². The van der Waals surface area contributed by atoms with Gasteiger partial charge in [0, 0.05) is 35.8 Å². The van der Waals surface area contributed by atoms with Gasteiger partial charge in [-0.05, 0) is 75.0 Å². The van der Waals surface area contributed by atoms with Gasteiger partial charge in [-0.3, -0.25) is 4.90 Å². The summed E-state index contributed by atoms with van der Waals surface area (Å²) in [7, 11) is 0. The van der Waals surface area contributed by atoms with Crippen molar-refractivity contribution in [2.24, 2.45) is 5.41 Å². The first kappa shape index (κ1) is 31.5. The Balaban J connectivity index is 1.01.